The molecule has 0 spiro atoms. The summed E-state index contributed by atoms with van der Waals surface area (Å²) >= 11 is 0. The first-order valence-corrected chi connectivity index (χ1v) is 4.73. The monoisotopic (exact) mass is 178 g/mol. The van der Waals surface area contributed by atoms with Crippen LogP contribution in [0, 0.1) is 5.92 Å². The number of Topliss-reactive ketones (excluding diaryl/α,β-unsaturated/α-hetero) is 1. The SMILES string of the molecule is COC1=C2C(=O)CCC2=CC(C)C1. The van der Waals surface area contributed by atoms with Gasteiger partial charge in [0.15, 0.2) is 5.78 Å². The lowest BCUT2D eigenvalue weighted by Gasteiger charge is -2.19. The number of rotatable bonds is 1. The molecule has 0 aromatic carbocycles. The Balaban J connectivity index is 2.44. The predicted octanol–water partition coefficient (Wildman–Crippen LogP) is 2.22. The molecule has 0 heterocycles. The van der Waals surface area contributed by atoms with Gasteiger partial charge in [0, 0.05) is 12.8 Å². The summed E-state index contributed by atoms with van der Waals surface area (Å²) in [6.45, 7) is 2.16. The van der Waals surface area contributed by atoms with E-state index < -0.39 is 0 Å². The van der Waals surface area contributed by atoms with Crippen LogP contribution in [0.3, 0.4) is 0 Å². The highest BCUT2D eigenvalue weighted by molar-refractivity contribution is 6.03. The van der Waals surface area contributed by atoms with Gasteiger partial charge in [0.1, 0.15) is 5.76 Å². The molecular weight excluding hydrogens is 164 g/mol. The summed E-state index contributed by atoms with van der Waals surface area (Å²) < 4.78 is 5.26. The summed E-state index contributed by atoms with van der Waals surface area (Å²) in [6, 6.07) is 0. The van der Waals surface area contributed by atoms with E-state index in [9.17, 15) is 4.79 Å². The first kappa shape index (κ1) is 8.54. The smallest absolute Gasteiger partial charge is 0.166 e. The van der Waals surface area contributed by atoms with Gasteiger partial charge in [0.2, 0.25) is 0 Å². The van der Waals surface area contributed by atoms with E-state index in [1.54, 1.807) is 7.11 Å². The first-order valence-electron chi connectivity index (χ1n) is 4.73. The van der Waals surface area contributed by atoms with E-state index >= 15 is 0 Å². The molecule has 0 saturated heterocycles. The van der Waals surface area contributed by atoms with Gasteiger partial charge in [-0.3, -0.25) is 4.79 Å². The van der Waals surface area contributed by atoms with Crippen molar-refractivity contribution in [1.29, 1.82) is 0 Å². The van der Waals surface area contributed by atoms with Crippen molar-refractivity contribution in [3.05, 3.63) is 23.0 Å². The summed E-state index contributed by atoms with van der Waals surface area (Å²) in [4.78, 5) is 11.5. The Morgan fingerprint density at radius 2 is 2.23 bits per heavy atom. The number of ether oxygens (including phenoxy) is 1. The number of hydrogen-bond donors (Lipinski definition) is 0. The highest BCUT2D eigenvalue weighted by Gasteiger charge is 2.30. The maximum absolute atomic E-state index is 11.5. The van der Waals surface area contributed by atoms with Gasteiger partial charge in [-0.05, 0) is 17.9 Å². The fraction of sp³-hybridized carbons (Fsp3) is 0.545. The Bertz CT molecular complexity index is 310. The van der Waals surface area contributed by atoms with Crippen LogP contribution in [0.15, 0.2) is 23.0 Å². The second-order valence-electron chi connectivity index (χ2n) is 3.80. The number of ketones is 1. The molecular formula is C11H14O2. The number of methoxy groups -OCH3 is 1. The highest BCUT2D eigenvalue weighted by atomic mass is 16.5. The maximum atomic E-state index is 11.5. The highest BCUT2D eigenvalue weighted by Crippen LogP contribution is 2.37. The zero-order valence-electron chi connectivity index (χ0n) is 8.09. The van der Waals surface area contributed by atoms with E-state index in [4.69, 9.17) is 4.74 Å². The molecule has 0 aromatic rings. The topological polar surface area (TPSA) is 26.3 Å². The normalized spacial score (nSPS) is 27.4. The minimum absolute atomic E-state index is 0.259. The van der Waals surface area contributed by atoms with Crippen LogP contribution < -0.4 is 0 Å². The summed E-state index contributed by atoms with van der Waals surface area (Å²) in [5.74, 6) is 1.67. The molecule has 1 atom stereocenters. The Hall–Kier alpha value is -1.05. The lowest BCUT2D eigenvalue weighted by molar-refractivity contribution is -0.114. The van der Waals surface area contributed by atoms with Gasteiger partial charge >= 0.3 is 0 Å². The van der Waals surface area contributed by atoms with Crippen molar-refractivity contribution < 1.29 is 9.53 Å². The minimum atomic E-state index is 0.259. The van der Waals surface area contributed by atoms with Crippen molar-refractivity contribution in [1.82, 2.24) is 0 Å². The molecule has 0 radical (unpaired) electrons. The number of hydrogen-bond acceptors (Lipinski definition) is 2. The molecule has 70 valence electrons. The van der Waals surface area contributed by atoms with E-state index in [2.05, 4.69) is 13.0 Å². The van der Waals surface area contributed by atoms with Crippen LogP contribution in [0.5, 0.6) is 0 Å². The largest absolute Gasteiger partial charge is 0.500 e. The third-order valence-corrected chi connectivity index (χ3v) is 2.74. The number of fused-ring (bicyclic) bond motifs is 1. The van der Waals surface area contributed by atoms with Crippen molar-refractivity contribution in [2.24, 2.45) is 5.92 Å². The van der Waals surface area contributed by atoms with E-state index in [1.165, 1.54) is 5.57 Å². The van der Waals surface area contributed by atoms with Crippen LogP contribution in [0.1, 0.15) is 26.2 Å². The molecule has 1 unspecified atom stereocenters. The van der Waals surface area contributed by atoms with Crippen molar-refractivity contribution in [3.8, 4) is 0 Å². The molecule has 2 aliphatic rings. The average Bonchev–Trinajstić information content (AvgIpc) is 2.46. The second kappa shape index (κ2) is 3.02. The molecule has 0 amide bonds. The number of carbonyl (C=O) groups excluding carboxylic acids is 1. The third-order valence-electron chi connectivity index (χ3n) is 2.74. The van der Waals surface area contributed by atoms with Crippen LogP contribution in [-0.2, 0) is 9.53 Å². The van der Waals surface area contributed by atoms with E-state index in [1.807, 2.05) is 0 Å². The lowest BCUT2D eigenvalue weighted by Crippen LogP contribution is -2.09. The lowest BCUT2D eigenvalue weighted by atomic mass is 9.91. The van der Waals surface area contributed by atoms with Crippen molar-refractivity contribution in [2.75, 3.05) is 7.11 Å². The number of allylic oxidation sites excluding steroid dienone is 4. The molecule has 13 heavy (non-hydrogen) atoms. The molecule has 0 N–H and O–H groups in total. The van der Waals surface area contributed by atoms with Gasteiger partial charge in [0.05, 0.1) is 12.7 Å². The summed E-state index contributed by atoms with van der Waals surface area (Å²) in [5.41, 5.74) is 2.08. The molecule has 2 heteroatoms. The van der Waals surface area contributed by atoms with Crippen LogP contribution in [-0.4, -0.2) is 12.9 Å². The Morgan fingerprint density at radius 1 is 1.46 bits per heavy atom. The molecule has 0 aliphatic heterocycles. The van der Waals surface area contributed by atoms with E-state index in [0.717, 1.165) is 24.2 Å². The van der Waals surface area contributed by atoms with E-state index in [-0.39, 0.29) is 5.78 Å². The van der Waals surface area contributed by atoms with Gasteiger partial charge < -0.3 is 4.74 Å². The molecule has 2 aliphatic carbocycles. The van der Waals surface area contributed by atoms with Crippen molar-refractivity contribution >= 4 is 5.78 Å². The second-order valence-corrected chi connectivity index (χ2v) is 3.80. The van der Waals surface area contributed by atoms with Crippen LogP contribution in [0.4, 0.5) is 0 Å². The zero-order valence-corrected chi connectivity index (χ0v) is 8.09. The molecule has 0 bridgehead atoms. The Kier molecular flexibility index (Phi) is 1.98. The predicted molar refractivity (Wildman–Crippen MR) is 50.1 cm³/mol. The molecule has 2 nitrogen and oxygen atoms in total. The average molecular weight is 178 g/mol. The standard InChI is InChI=1S/C11H14O2/c1-7-5-8-3-4-9(12)11(8)10(6-7)13-2/h5,7H,3-4,6H2,1-2H3. The molecule has 0 aromatic heterocycles. The fourth-order valence-electron chi connectivity index (χ4n) is 2.16. The van der Waals surface area contributed by atoms with Gasteiger partial charge in [0.25, 0.3) is 0 Å². The van der Waals surface area contributed by atoms with Crippen LogP contribution in [0.2, 0.25) is 0 Å². The van der Waals surface area contributed by atoms with Gasteiger partial charge in [-0.1, -0.05) is 13.0 Å². The van der Waals surface area contributed by atoms with Crippen LogP contribution >= 0.6 is 0 Å². The van der Waals surface area contributed by atoms with Gasteiger partial charge in [-0.2, -0.15) is 0 Å². The minimum Gasteiger partial charge on any atom is -0.500 e. The fourth-order valence-corrected chi connectivity index (χ4v) is 2.16. The zero-order chi connectivity index (χ0) is 9.42. The van der Waals surface area contributed by atoms with Gasteiger partial charge in [-0.25, -0.2) is 0 Å². The van der Waals surface area contributed by atoms with Crippen molar-refractivity contribution in [2.45, 2.75) is 26.2 Å². The first-order chi connectivity index (χ1) is 6.22. The Morgan fingerprint density at radius 3 is 2.92 bits per heavy atom. The van der Waals surface area contributed by atoms with Crippen molar-refractivity contribution in [3.63, 3.8) is 0 Å². The van der Waals surface area contributed by atoms with Crippen LogP contribution in [0.25, 0.3) is 0 Å². The third kappa shape index (κ3) is 1.30. The Labute approximate surface area is 78.3 Å². The summed E-state index contributed by atoms with van der Waals surface area (Å²) in [6.07, 6.45) is 4.66. The molecule has 2 rings (SSSR count). The van der Waals surface area contributed by atoms with Gasteiger partial charge in [-0.15, -0.1) is 0 Å². The summed E-state index contributed by atoms with van der Waals surface area (Å²) in [5, 5.41) is 0. The number of carbonyl (C=O) groups is 1. The molecule has 1 fully saturated rings. The molecule has 1 saturated carbocycles. The quantitative estimate of drug-likeness (QED) is 0.615. The maximum Gasteiger partial charge on any atom is 0.166 e. The summed E-state index contributed by atoms with van der Waals surface area (Å²) in [7, 11) is 1.66. The van der Waals surface area contributed by atoms with E-state index in [0.29, 0.717) is 12.3 Å².